The summed E-state index contributed by atoms with van der Waals surface area (Å²) in [7, 11) is 0. The van der Waals surface area contributed by atoms with Crippen molar-refractivity contribution in [3.63, 3.8) is 0 Å². The predicted molar refractivity (Wildman–Crippen MR) is 101 cm³/mol. The van der Waals surface area contributed by atoms with E-state index in [0.717, 1.165) is 17.5 Å². The minimum Gasteiger partial charge on any atom is -0.459 e. The van der Waals surface area contributed by atoms with Crippen molar-refractivity contribution in [2.75, 3.05) is 13.1 Å². The molecule has 146 valence electrons. The summed E-state index contributed by atoms with van der Waals surface area (Å²) in [6.45, 7) is 1.12. The van der Waals surface area contributed by atoms with Crippen LogP contribution in [0, 0.1) is 5.82 Å². The van der Waals surface area contributed by atoms with Crippen LogP contribution in [0.5, 0.6) is 0 Å². The molecule has 0 saturated carbocycles. The molecule has 0 bridgehead atoms. The largest absolute Gasteiger partial charge is 0.459 e. The molecule has 1 aromatic carbocycles. The lowest BCUT2D eigenvalue weighted by molar-refractivity contribution is 0.0785. The van der Waals surface area contributed by atoms with E-state index in [4.69, 9.17) is 8.94 Å². The van der Waals surface area contributed by atoms with Crippen LogP contribution in [0.15, 0.2) is 63.9 Å². The molecule has 1 saturated heterocycles. The molecule has 1 aliphatic heterocycles. The zero-order chi connectivity index (χ0) is 19.8. The van der Waals surface area contributed by atoms with Gasteiger partial charge in [-0.2, -0.15) is 4.98 Å². The van der Waals surface area contributed by atoms with E-state index in [2.05, 4.69) is 15.1 Å². The molecule has 7 nitrogen and oxygen atoms in total. The Morgan fingerprint density at radius 3 is 2.86 bits per heavy atom. The molecule has 1 N–H and O–H groups in total. The minimum absolute atomic E-state index is 0.0120. The first-order valence-electron chi connectivity index (χ1n) is 9.28. The normalized spacial score (nSPS) is 16.4. The van der Waals surface area contributed by atoms with Gasteiger partial charge in [0.15, 0.2) is 11.6 Å². The van der Waals surface area contributed by atoms with Crippen LogP contribution in [0.2, 0.25) is 0 Å². The van der Waals surface area contributed by atoms with Crippen LogP contribution in [0.25, 0.3) is 22.8 Å². The average molecular weight is 392 g/mol. The Kier molecular flexibility index (Phi) is 4.23. The first-order chi connectivity index (χ1) is 14.2. The van der Waals surface area contributed by atoms with Crippen molar-refractivity contribution in [3.05, 3.63) is 72.3 Å². The van der Waals surface area contributed by atoms with Crippen LogP contribution >= 0.6 is 0 Å². The molecule has 0 radical (unpaired) electrons. The van der Waals surface area contributed by atoms with E-state index >= 15 is 0 Å². The number of carbonyl (C=O) groups is 1. The highest BCUT2D eigenvalue weighted by atomic mass is 19.1. The molecule has 8 heteroatoms. The van der Waals surface area contributed by atoms with Crippen LogP contribution in [-0.4, -0.2) is 39.0 Å². The number of likely N-dealkylation sites (tertiary alicyclic amines) is 1. The van der Waals surface area contributed by atoms with Crippen molar-refractivity contribution in [2.45, 2.75) is 12.3 Å². The monoisotopic (exact) mass is 392 g/mol. The SMILES string of the molecule is O=C(c1cc(-c2ccc(F)cc2)c[nH]1)N1CC[C@H](c2noc(-c3ccco3)n2)C1. The van der Waals surface area contributed by atoms with Crippen molar-refractivity contribution in [3.8, 4) is 22.8 Å². The summed E-state index contributed by atoms with van der Waals surface area (Å²) in [5, 5.41) is 4.05. The van der Waals surface area contributed by atoms with Crippen LogP contribution in [0.1, 0.15) is 28.7 Å². The molecule has 1 fully saturated rings. The van der Waals surface area contributed by atoms with Gasteiger partial charge in [-0.3, -0.25) is 4.79 Å². The van der Waals surface area contributed by atoms with Crippen LogP contribution < -0.4 is 0 Å². The standard InChI is InChI=1S/C21H17FN4O3/c22-16-5-3-13(4-6-16)15-10-17(23-11-15)21(27)26-8-7-14(12-26)19-24-20(29-25-19)18-2-1-9-28-18/h1-6,9-11,14,23H,7-8,12H2/t14-/m0/s1. The maximum absolute atomic E-state index is 13.1. The molecule has 29 heavy (non-hydrogen) atoms. The summed E-state index contributed by atoms with van der Waals surface area (Å²) in [5.74, 6) is 1.07. The number of nitrogens with one attached hydrogen (secondary N) is 1. The summed E-state index contributed by atoms with van der Waals surface area (Å²) < 4.78 is 23.7. The lowest BCUT2D eigenvalue weighted by Gasteiger charge is -2.14. The number of benzene rings is 1. The van der Waals surface area contributed by atoms with Gasteiger partial charge in [-0.1, -0.05) is 17.3 Å². The van der Waals surface area contributed by atoms with Gasteiger partial charge < -0.3 is 18.8 Å². The van der Waals surface area contributed by atoms with Crippen LogP contribution in [0.4, 0.5) is 4.39 Å². The minimum atomic E-state index is -0.291. The van der Waals surface area contributed by atoms with Gasteiger partial charge in [0.1, 0.15) is 11.5 Å². The van der Waals surface area contributed by atoms with Crippen molar-refractivity contribution >= 4 is 5.91 Å². The number of rotatable bonds is 4. The third-order valence-corrected chi connectivity index (χ3v) is 5.11. The molecule has 0 aliphatic carbocycles. The summed E-state index contributed by atoms with van der Waals surface area (Å²) in [6.07, 6.45) is 4.06. The first kappa shape index (κ1) is 17.4. The zero-order valence-corrected chi connectivity index (χ0v) is 15.3. The van der Waals surface area contributed by atoms with Gasteiger partial charge in [-0.05, 0) is 47.9 Å². The Hall–Kier alpha value is -3.68. The Labute approximate surface area is 165 Å². The molecule has 4 heterocycles. The zero-order valence-electron chi connectivity index (χ0n) is 15.3. The molecular formula is C21H17FN4O3. The second-order valence-corrected chi connectivity index (χ2v) is 6.98. The maximum Gasteiger partial charge on any atom is 0.293 e. The highest BCUT2D eigenvalue weighted by Gasteiger charge is 2.32. The fraction of sp³-hybridized carbons (Fsp3) is 0.190. The van der Waals surface area contributed by atoms with Gasteiger partial charge in [0.2, 0.25) is 0 Å². The topological polar surface area (TPSA) is 88.2 Å². The van der Waals surface area contributed by atoms with E-state index in [-0.39, 0.29) is 17.6 Å². The van der Waals surface area contributed by atoms with Gasteiger partial charge in [-0.15, -0.1) is 0 Å². The highest BCUT2D eigenvalue weighted by molar-refractivity contribution is 5.94. The van der Waals surface area contributed by atoms with E-state index in [1.165, 1.54) is 12.1 Å². The number of aromatic amines is 1. The Morgan fingerprint density at radius 1 is 1.21 bits per heavy atom. The number of H-pyrrole nitrogens is 1. The molecule has 0 spiro atoms. The number of halogens is 1. The average Bonchev–Trinajstić information content (AvgIpc) is 3.54. The third-order valence-electron chi connectivity index (χ3n) is 5.11. The van der Waals surface area contributed by atoms with Gasteiger partial charge in [-0.25, -0.2) is 4.39 Å². The second kappa shape index (κ2) is 7.05. The third kappa shape index (κ3) is 3.33. The van der Waals surface area contributed by atoms with E-state index in [9.17, 15) is 9.18 Å². The second-order valence-electron chi connectivity index (χ2n) is 6.98. The lowest BCUT2D eigenvalue weighted by Crippen LogP contribution is -2.28. The summed E-state index contributed by atoms with van der Waals surface area (Å²) in [5.41, 5.74) is 2.18. The Balaban J connectivity index is 1.28. The summed E-state index contributed by atoms with van der Waals surface area (Å²) in [6, 6.07) is 11.5. The predicted octanol–water partition coefficient (Wildman–Crippen LogP) is 4.09. The fourth-order valence-corrected chi connectivity index (χ4v) is 3.55. The van der Waals surface area contributed by atoms with Crippen molar-refractivity contribution in [1.82, 2.24) is 20.0 Å². The molecule has 1 amide bonds. The van der Waals surface area contributed by atoms with Gasteiger partial charge in [0, 0.05) is 25.2 Å². The number of aromatic nitrogens is 3. The van der Waals surface area contributed by atoms with Gasteiger partial charge in [0.05, 0.1) is 6.26 Å². The smallest absolute Gasteiger partial charge is 0.293 e. The van der Waals surface area contributed by atoms with Crippen molar-refractivity contribution in [1.29, 1.82) is 0 Å². The summed E-state index contributed by atoms with van der Waals surface area (Å²) in [4.78, 5) is 22.1. The molecular weight excluding hydrogens is 375 g/mol. The molecule has 5 rings (SSSR count). The molecule has 0 unspecified atom stereocenters. The lowest BCUT2D eigenvalue weighted by atomic mass is 10.1. The number of hydrogen-bond acceptors (Lipinski definition) is 5. The Bertz CT molecular complexity index is 1130. The Morgan fingerprint density at radius 2 is 2.07 bits per heavy atom. The van der Waals surface area contributed by atoms with E-state index in [0.29, 0.717) is 36.3 Å². The van der Waals surface area contributed by atoms with Crippen molar-refractivity contribution < 1.29 is 18.1 Å². The summed E-state index contributed by atoms with van der Waals surface area (Å²) >= 11 is 0. The van der Waals surface area contributed by atoms with Crippen molar-refractivity contribution in [2.24, 2.45) is 0 Å². The van der Waals surface area contributed by atoms with Crippen LogP contribution in [0.3, 0.4) is 0 Å². The number of nitrogens with zero attached hydrogens (tertiary/aromatic N) is 3. The number of furan rings is 1. The molecule has 4 aromatic rings. The van der Waals surface area contributed by atoms with Gasteiger partial charge >= 0.3 is 0 Å². The van der Waals surface area contributed by atoms with E-state index < -0.39 is 0 Å². The number of amides is 1. The molecule has 1 atom stereocenters. The first-order valence-corrected chi connectivity index (χ1v) is 9.28. The van der Waals surface area contributed by atoms with E-state index in [1.807, 2.05) is 0 Å². The highest BCUT2D eigenvalue weighted by Crippen LogP contribution is 2.29. The number of carbonyl (C=O) groups excluding carboxylic acids is 1. The fourth-order valence-electron chi connectivity index (χ4n) is 3.55. The van der Waals surface area contributed by atoms with Crippen LogP contribution in [-0.2, 0) is 0 Å². The number of hydrogen-bond donors (Lipinski definition) is 1. The molecule has 1 aliphatic rings. The maximum atomic E-state index is 13.1. The van der Waals surface area contributed by atoms with E-state index in [1.54, 1.807) is 47.7 Å². The quantitative estimate of drug-likeness (QED) is 0.565. The van der Waals surface area contributed by atoms with Gasteiger partial charge in [0.25, 0.3) is 11.8 Å². The molecule has 3 aromatic heterocycles.